The highest BCUT2D eigenvalue weighted by Gasteiger charge is 2.34. The second-order valence-corrected chi connectivity index (χ2v) is 12.1. The summed E-state index contributed by atoms with van der Waals surface area (Å²) in [5.74, 6) is -1.65. The predicted molar refractivity (Wildman–Crippen MR) is 158 cm³/mol. The van der Waals surface area contributed by atoms with Crippen molar-refractivity contribution in [3.05, 3.63) is 124 Å². The van der Waals surface area contributed by atoms with Crippen LogP contribution >= 0.6 is 35.8 Å². The summed E-state index contributed by atoms with van der Waals surface area (Å²) in [7, 11) is -4.24. The Balaban J connectivity index is 1.57. The lowest BCUT2D eigenvalue weighted by Gasteiger charge is -2.19. The lowest BCUT2D eigenvalue weighted by molar-refractivity contribution is -0.106. The van der Waals surface area contributed by atoms with E-state index in [9.17, 15) is 22.0 Å². The molecule has 3 aromatic carbocycles. The second-order valence-electron chi connectivity index (χ2n) is 8.48. The molecule has 0 fully saturated rings. The lowest BCUT2D eigenvalue weighted by Crippen LogP contribution is -2.22. The monoisotopic (exact) mass is 617 g/mol. The first kappa shape index (κ1) is 29.6. The number of thiocarbonyl (C=S) groups is 1. The zero-order valence-electron chi connectivity index (χ0n) is 20.9. The molecular weight excluding hydrogens is 596 g/mol. The molecule has 0 spiro atoms. The standard InChI is InChI=1S/C28H22ClF2N3O3S3/c1-39-34(17-35)22-8-3-19(4-9-22)28(38)33-16-18-2-13-26(32-15-18)27(24-14-21(30)7-12-25(24)31)40(36,37)23-10-5-20(29)6-11-23/h2-15,17,27H,16H2,1H3,(H,33,38). The van der Waals surface area contributed by atoms with Gasteiger partial charge in [0.15, 0.2) is 9.84 Å². The molecule has 0 aliphatic heterocycles. The molecule has 0 saturated heterocycles. The van der Waals surface area contributed by atoms with Gasteiger partial charge in [0.2, 0.25) is 6.41 Å². The fraction of sp³-hybridized carbons (Fsp3) is 0.107. The number of anilines is 1. The number of pyridine rings is 1. The number of sulfone groups is 1. The Hall–Kier alpha value is -3.38. The van der Waals surface area contributed by atoms with Crippen molar-refractivity contribution in [3.8, 4) is 0 Å². The molecule has 6 nitrogen and oxygen atoms in total. The van der Waals surface area contributed by atoms with Gasteiger partial charge in [0, 0.05) is 35.1 Å². The average Bonchev–Trinajstić information content (AvgIpc) is 2.95. The Labute approximate surface area is 245 Å². The smallest absolute Gasteiger partial charge is 0.224 e. The molecule has 1 aromatic heterocycles. The van der Waals surface area contributed by atoms with Crippen molar-refractivity contribution in [3.63, 3.8) is 0 Å². The third kappa shape index (κ3) is 6.67. The number of benzene rings is 3. The summed E-state index contributed by atoms with van der Waals surface area (Å²) in [6, 6.07) is 18.4. The number of hydrogen-bond donors (Lipinski definition) is 1. The third-order valence-electron chi connectivity index (χ3n) is 5.94. The SMILES string of the molecule is CSN(C=O)c1ccc(C(=S)NCc2ccc(C(c3cc(F)ccc3F)S(=O)(=O)c3ccc(Cl)cc3)nc2)cc1. The van der Waals surface area contributed by atoms with Gasteiger partial charge in [-0.3, -0.25) is 14.1 Å². The van der Waals surface area contributed by atoms with Gasteiger partial charge in [-0.15, -0.1) is 0 Å². The van der Waals surface area contributed by atoms with Crippen LogP contribution in [0, 0.1) is 11.6 Å². The van der Waals surface area contributed by atoms with Crippen molar-refractivity contribution in [2.24, 2.45) is 0 Å². The minimum Gasteiger partial charge on any atom is -0.372 e. The van der Waals surface area contributed by atoms with Crippen LogP contribution in [-0.4, -0.2) is 31.1 Å². The molecule has 1 amide bonds. The highest BCUT2D eigenvalue weighted by molar-refractivity contribution is 8.00. The van der Waals surface area contributed by atoms with Crippen LogP contribution in [0.15, 0.2) is 90.0 Å². The van der Waals surface area contributed by atoms with Crippen molar-refractivity contribution in [1.82, 2.24) is 10.3 Å². The van der Waals surface area contributed by atoms with Gasteiger partial charge in [-0.2, -0.15) is 0 Å². The van der Waals surface area contributed by atoms with Gasteiger partial charge in [0.1, 0.15) is 21.9 Å². The fourth-order valence-corrected chi connectivity index (χ4v) is 6.42. The molecule has 1 N–H and O–H groups in total. The first-order valence-corrected chi connectivity index (χ1v) is 15.2. The number of nitrogens with zero attached hydrogens (tertiary/aromatic N) is 2. The third-order valence-corrected chi connectivity index (χ3v) is 9.31. The summed E-state index contributed by atoms with van der Waals surface area (Å²) in [6.07, 6.45) is 3.97. The van der Waals surface area contributed by atoms with Crippen molar-refractivity contribution in [2.75, 3.05) is 10.6 Å². The van der Waals surface area contributed by atoms with E-state index in [1.807, 2.05) is 0 Å². The van der Waals surface area contributed by atoms with Crippen molar-refractivity contribution >= 4 is 62.7 Å². The van der Waals surface area contributed by atoms with Crippen molar-refractivity contribution < 1.29 is 22.0 Å². The van der Waals surface area contributed by atoms with E-state index >= 15 is 0 Å². The topological polar surface area (TPSA) is 79.4 Å². The van der Waals surface area contributed by atoms with Gasteiger partial charge < -0.3 is 5.32 Å². The summed E-state index contributed by atoms with van der Waals surface area (Å²) >= 11 is 12.7. The Kier molecular flexibility index (Phi) is 9.52. The van der Waals surface area contributed by atoms with Crippen LogP contribution in [0.25, 0.3) is 0 Å². The number of carbonyl (C=O) groups excluding carboxylic acids is 1. The van der Waals surface area contributed by atoms with Crippen molar-refractivity contribution in [2.45, 2.75) is 16.7 Å². The molecule has 0 radical (unpaired) electrons. The summed E-state index contributed by atoms with van der Waals surface area (Å²) in [4.78, 5) is 15.8. The molecular formula is C28H22ClF2N3O3S3. The molecule has 1 unspecified atom stereocenters. The van der Waals surface area contributed by atoms with Crippen LogP contribution in [0.5, 0.6) is 0 Å². The van der Waals surface area contributed by atoms with E-state index in [1.165, 1.54) is 52.8 Å². The highest BCUT2D eigenvalue weighted by Crippen LogP contribution is 2.36. The quantitative estimate of drug-likeness (QED) is 0.127. The van der Waals surface area contributed by atoms with Crippen LogP contribution < -0.4 is 9.62 Å². The van der Waals surface area contributed by atoms with Gasteiger partial charge in [0.25, 0.3) is 0 Å². The first-order valence-electron chi connectivity index (χ1n) is 11.7. The Morgan fingerprint density at radius 1 is 1.07 bits per heavy atom. The van der Waals surface area contributed by atoms with E-state index in [1.54, 1.807) is 36.6 Å². The fourth-order valence-electron chi connectivity index (χ4n) is 3.91. The van der Waals surface area contributed by atoms with E-state index in [2.05, 4.69) is 10.3 Å². The van der Waals surface area contributed by atoms with Gasteiger partial charge in [-0.25, -0.2) is 17.2 Å². The summed E-state index contributed by atoms with van der Waals surface area (Å²) in [5.41, 5.74) is 1.81. The minimum absolute atomic E-state index is 0.0230. The zero-order valence-corrected chi connectivity index (χ0v) is 24.1. The first-order chi connectivity index (χ1) is 19.1. The molecule has 12 heteroatoms. The second kappa shape index (κ2) is 12.9. The van der Waals surface area contributed by atoms with Gasteiger partial charge in [0.05, 0.1) is 16.3 Å². The average molecular weight is 618 g/mol. The van der Waals surface area contributed by atoms with E-state index in [-0.39, 0.29) is 22.7 Å². The maximum absolute atomic E-state index is 14.8. The number of nitrogens with one attached hydrogen (secondary N) is 1. The van der Waals surface area contributed by atoms with E-state index in [0.717, 1.165) is 30.2 Å². The van der Waals surface area contributed by atoms with Gasteiger partial charge in [-0.1, -0.05) is 29.9 Å². The highest BCUT2D eigenvalue weighted by atomic mass is 35.5. The van der Waals surface area contributed by atoms with Crippen LogP contribution in [0.1, 0.15) is 27.6 Å². The van der Waals surface area contributed by atoms with Gasteiger partial charge >= 0.3 is 0 Å². The summed E-state index contributed by atoms with van der Waals surface area (Å²) < 4.78 is 57.7. The summed E-state index contributed by atoms with van der Waals surface area (Å²) in [5, 5.41) is 1.85. The van der Waals surface area contributed by atoms with Crippen LogP contribution in [0.4, 0.5) is 14.5 Å². The molecule has 4 rings (SSSR count). The lowest BCUT2D eigenvalue weighted by atomic mass is 10.1. The molecule has 0 aliphatic carbocycles. The molecule has 1 atom stereocenters. The number of rotatable bonds is 10. The number of carbonyl (C=O) groups is 1. The molecule has 4 aromatic rings. The molecule has 206 valence electrons. The normalized spacial score (nSPS) is 12.0. The van der Waals surface area contributed by atoms with Crippen LogP contribution in [0.3, 0.4) is 0 Å². The molecule has 0 bridgehead atoms. The molecule has 0 aliphatic rings. The maximum atomic E-state index is 14.8. The van der Waals surface area contributed by atoms with E-state index < -0.39 is 26.7 Å². The van der Waals surface area contributed by atoms with Crippen LogP contribution in [0.2, 0.25) is 5.02 Å². The minimum atomic E-state index is -4.24. The Bertz CT molecular complexity index is 1620. The number of hydrogen-bond acceptors (Lipinski definition) is 6. The van der Waals surface area contributed by atoms with Crippen molar-refractivity contribution in [1.29, 1.82) is 0 Å². The van der Waals surface area contributed by atoms with E-state index in [4.69, 9.17) is 23.8 Å². The largest absolute Gasteiger partial charge is 0.372 e. The summed E-state index contributed by atoms with van der Waals surface area (Å²) in [6.45, 7) is 0.280. The van der Waals surface area contributed by atoms with Gasteiger partial charge in [-0.05, 0) is 90.3 Å². The Morgan fingerprint density at radius 3 is 2.38 bits per heavy atom. The molecule has 40 heavy (non-hydrogen) atoms. The predicted octanol–water partition coefficient (Wildman–Crippen LogP) is 6.28. The molecule has 1 heterocycles. The number of amides is 1. The Morgan fingerprint density at radius 2 is 1.77 bits per heavy atom. The zero-order chi connectivity index (χ0) is 28.9. The molecule has 0 saturated carbocycles. The van der Waals surface area contributed by atoms with E-state index in [0.29, 0.717) is 21.3 Å². The number of halogens is 3. The maximum Gasteiger partial charge on any atom is 0.224 e. The number of aromatic nitrogens is 1. The van der Waals surface area contributed by atoms with Crippen LogP contribution in [-0.2, 0) is 21.2 Å².